The van der Waals surface area contributed by atoms with Gasteiger partial charge in [0.1, 0.15) is 11.6 Å². The van der Waals surface area contributed by atoms with E-state index in [1.807, 2.05) is 24.4 Å². The minimum absolute atomic E-state index is 0.0969. The highest BCUT2D eigenvalue weighted by Crippen LogP contribution is 2.27. The molecule has 0 unspecified atom stereocenters. The largest absolute Gasteiger partial charge is 0.344 e. The molecule has 10 heteroatoms. The van der Waals surface area contributed by atoms with Gasteiger partial charge in [0.2, 0.25) is 10.1 Å². The predicted molar refractivity (Wildman–Crippen MR) is 126 cm³/mol. The maximum absolute atomic E-state index is 13.2. The number of anilines is 1. The number of piperazine rings is 1. The molecule has 1 aliphatic rings. The highest BCUT2D eigenvalue weighted by Gasteiger charge is 2.22. The van der Waals surface area contributed by atoms with Crippen molar-refractivity contribution in [2.45, 2.75) is 6.54 Å². The number of benzene rings is 2. The summed E-state index contributed by atoms with van der Waals surface area (Å²) in [6.45, 7) is 3.97. The maximum Gasteiger partial charge on any atom is 0.258 e. The fraction of sp³-hybridized carbons (Fsp3) is 0.217. The number of imidazole rings is 1. The molecule has 0 atom stereocenters. The zero-order valence-electron chi connectivity index (χ0n) is 17.6. The van der Waals surface area contributed by atoms with E-state index >= 15 is 0 Å². The van der Waals surface area contributed by atoms with Gasteiger partial charge in [-0.2, -0.15) is 0 Å². The molecule has 4 heterocycles. The first-order valence-electron chi connectivity index (χ1n) is 10.7. The fourth-order valence-corrected chi connectivity index (χ4v) is 5.03. The second-order valence-corrected chi connectivity index (χ2v) is 8.97. The van der Waals surface area contributed by atoms with Gasteiger partial charge in [0.25, 0.3) is 5.56 Å². The van der Waals surface area contributed by atoms with E-state index in [-0.39, 0.29) is 11.4 Å². The molecule has 2 aromatic carbocycles. The summed E-state index contributed by atoms with van der Waals surface area (Å²) in [5.41, 5.74) is 2.27. The molecule has 1 saturated heterocycles. The van der Waals surface area contributed by atoms with Crippen LogP contribution in [-0.4, -0.2) is 55.6 Å². The van der Waals surface area contributed by atoms with Gasteiger partial charge in [0.15, 0.2) is 0 Å². The van der Waals surface area contributed by atoms with Crippen LogP contribution in [0.25, 0.3) is 27.1 Å². The summed E-state index contributed by atoms with van der Waals surface area (Å²) >= 11 is 1.55. The summed E-state index contributed by atoms with van der Waals surface area (Å²) in [6.07, 6.45) is 1.88. The van der Waals surface area contributed by atoms with Crippen molar-refractivity contribution < 1.29 is 4.39 Å². The number of hydrogen-bond donors (Lipinski definition) is 1. The number of aromatic nitrogens is 5. The molecule has 33 heavy (non-hydrogen) atoms. The van der Waals surface area contributed by atoms with Crippen LogP contribution < -0.4 is 10.5 Å². The van der Waals surface area contributed by atoms with Gasteiger partial charge in [-0.25, -0.2) is 18.9 Å². The first-order valence-corrected chi connectivity index (χ1v) is 11.5. The molecule has 5 aromatic rings. The Labute approximate surface area is 191 Å². The third-order valence-corrected chi connectivity index (χ3v) is 6.83. The van der Waals surface area contributed by atoms with E-state index in [0.29, 0.717) is 17.8 Å². The predicted octanol–water partition coefficient (Wildman–Crippen LogP) is 3.16. The second-order valence-electron chi connectivity index (χ2n) is 8.04. The molecule has 1 aliphatic heterocycles. The van der Waals surface area contributed by atoms with Gasteiger partial charge in [-0.3, -0.25) is 9.69 Å². The molecule has 6 rings (SSSR count). The van der Waals surface area contributed by atoms with Gasteiger partial charge < -0.3 is 9.88 Å². The van der Waals surface area contributed by atoms with Gasteiger partial charge in [0, 0.05) is 31.7 Å². The minimum atomic E-state index is -0.262. The number of hydrogen-bond acceptors (Lipinski definition) is 7. The number of rotatable bonds is 4. The Morgan fingerprint density at radius 1 is 1.00 bits per heavy atom. The van der Waals surface area contributed by atoms with Crippen molar-refractivity contribution >= 4 is 32.3 Å². The van der Waals surface area contributed by atoms with Gasteiger partial charge in [0.05, 0.1) is 29.3 Å². The van der Waals surface area contributed by atoms with Gasteiger partial charge in [-0.05, 0) is 36.4 Å². The van der Waals surface area contributed by atoms with Crippen molar-refractivity contribution in [2.75, 3.05) is 31.1 Å². The van der Waals surface area contributed by atoms with Crippen LogP contribution in [0.4, 0.5) is 9.52 Å². The summed E-state index contributed by atoms with van der Waals surface area (Å²) in [5.74, 6) is 0.426. The average Bonchev–Trinajstić information content (AvgIpc) is 3.40. The smallest absolute Gasteiger partial charge is 0.258 e. The molecule has 1 N–H and O–H groups in total. The fourth-order valence-electron chi connectivity index (χ4n) is 4.10. The van der Waals surface area contributed by atoms with Crippen LogP contribution in [0.15, 0.2) is 59.5 Å². The molecule has 3 aromatic heterocycles. The van der Waals surface area contributed by atoms with E-state index < -0.39 is 0 Å². The van der Waals surface area contributed by atoms with Gasteiger partial charge in [-0.1, -0.05) is 23.5 Å². The van der Waals surface area contributed by atoms with Crippen molar-refractivity contribution in [2.24, 2.45) is 0 Å². The van der Waals surface area contributed by atoms with E-state index in [4.69, 9.17) is 5.10 Å². The van der Waals surface area contributed by atoms with E-state index in [2.05, 4.69) is 24.8 Å². The quantitative estimate of drug-likeness (QED) is 0.443. The lowest BCUT2D eigenvalue weighted by atomic mass is 10.2. The number of aromatic amines is 1. The van der Waals surface area contributed by atoms with Crippen molar-refractivity contribution in [1.29, 1.82) is 0 Å². The molecular formula is C23H20FN7OS. The normalized spacial score (nSPS) is 15.0. The topological polar surface area (TPSA) is 82.4 Å². The summed E-state index contributed by atoms with van der Waals surface area (Å²) < 4.78 is 15.0. The Morgan fingerprint density at radius 2 is 1.79 bits per heavy atom. The van der Waals surface area contributed by atoms with Crippen LogP contribution in [0.1, 0.15) is 5.82 Å². The van der Waals surface area contributed by atoms with Gasteiger partial charge in [-0.15, -0.1) is 5.10 Å². The lowest BCUT2D eigenvalue weighted by Gasteiger charge is -2.33. The monoisotopic (exact) mass is 461 g/mol. The molecule has 0 radical (unpaired) electrons. The zero-order valence-corrected chi connectivity index (χ0v) is 18.4. The standard InChI is InChI=1S/C23H20FN7OS/c24-16-7-5-15(6-8-16)19-13-31-22(26-19)33-23(28-31)30-11-9-29(10-12-30)14-20-25-18-4-2-1-3-17(18)21(32)27-20/h1-8,13H,9-12,14H2,(H,25,27,32). The number of fused-ring (bicyclic) bond motifs is 2. The van der Waals surface area contributed by atoms with Crippen molar-refractivity contribution in [1.82, 2.24) is 29.5 Å². The Kier molecular flexibility index (Phi) is 4.88. The SMILES string of the molecule is O=c1[nH]c(CN2CCN(c3nn4cc(-c5ccc(F)cc5)nc4s3)CC2)nc2ccccc12. The van der Waals surface area contributed by atoms with Gasteiger partial charge >= 0.3 is 0 Å². The molecule has 0 aliphatic carbocycles. The highest BCUT2D eigenvalue weighted by atomic mass is 32.1. The number of para-hydroxylation sites is 1. The van der Waals surface area contributed by atoms with E-state index in [1.165, 1.54) is 12.1 Å². The van der Waals surface area contributed by atoms with Crippen LogP contribution in [0, 0.1) is 5.82 Å². The Bertz CT molecular complexity index is 1470. The average molecular weight is 462 g/mol. The van der Waals surface area contributed by atoms with Crippen LogP contribution in [-0.2, 0) is 6.54 Å². The minimum Gasteiger partial charge on any atom is -0.344 e. The van der Waals surface area contributed by atoms with Crippen molar-refractivity contribution in [3.8, 4) is 11.3 Å². The molecule has 0 bridgehead atoms. The van der Waals surface area contributed by atoms with E-state index in [9.17, 15) is 9.18 Å². The molecule has 1 fully saturated rings. The summed E-state index contributed by atoms with van der Waals surface area (Å²) in [5, 5.41) is 6.25. The molecule has 0 amide bonds. The third-order valence-electron chi connectivity index (χ3n) is 5.85. The first kappa shape index (κ1) is 20.0. The molecular weight excluding hydrogens is 441 g/mol. The molecule has 0 saturated carbocycles. The van der Waals surface area contributed by atoms with Crippen LogP contribution in [0.5, 0.6) is 0 Å². The Morgan fingerprint density at radius 3 is 2.58 bits per heavy atom. The molecule has 166 valence electrons. The first-order chi connectivity index (χ1) is 16.1. The van der Waals surface area contributed by atoms with Crippen molar-refractivity contribution in [3.63, 3.8) is 0 Å². The Hall–Kier alpha value is -3.63. The summed E-state index contributed by atoms with van der Waals surface area (Å²) in [7, 11) is 0. The summed E-state index contributed by atoms with van der Waals surface area (Å²) in [4.78, 5) is 29.8. The van der Waals surface area contributed by atoms with E-state index in [0.717, 1.165) is 53.0 Å². The lowest BCUT2D eigenvalue weighted by molar-refractivity contribution is 0.244. The summed E-state index contributed by atoms with van der Waals surface area (Å²) in [6, 6.07) is 13.7. The number of nitrogens with one attached hydrogen (secondary N) is 1. The van der Waals surface area contributed by atoms with Crippen LogP contribution in [0.3, 0.4) is 0 Å². The maximum atomic E-state index is 13.2. The highest BCUT2D eigenvalue weighted by molar-refractivity contribution is 7.20. The molecule has 0 spiro atoms. The lowest BCUT2D eigenvalue weighted by Crippen LogP contribution is -2.46. The third kappa shape index (κ3) is 3.87. The Balaban J connectivity index is 1.13. The molecule has 8 nitrogen and oxygen atoms in total. The zero-order chi connectivity index (χ0) is 22.4. The van der Waals surface area contributed by atoms with E-state index in [1.54, 1.807) is 34.1 Å². The van der Waals surface area contributed by atoms with Crippen LogP contribution in [0.2, 0.25) is 0 Å². The number of nitrogens with zero attached hydrogens (tertiary/aromatic N) is 6. The van der Waals surface area contributed by atoms with Crippen molar-refractivity contribution in [3.05, 3.63) is 76.7 Å². The van der Waals surface area contributed by atoms with Crippen LogP contribution >= 0.6 is 11.3 Å². The number of H-pyrrole nitrogens is 1. The second kappa shape index (κ2) is 8.05. The number of halogens is 1.